The van der Waals surface area contributed by atoms with E-state index in [9.17, 15) is 9.59 Å². The van der Waals surface area contributed by atoms with Crippen molar-refractivity contribution in [3.63, 3.8) is 0 Å². The lowest BCUT2D eigenvalue weighted by atomic mass is 10.5. The first-order valence-corrected chi connectivity index (χ1v) is 9.78. The molecule has 0 aromatic carbocycles. The maximum atomic E-state index is 12.0. The predicted octanol–water partition coefficient (Wildman–Crippen LogP) is 0.574. The molecule has 21 heavy (non-hydrogen) atoms. The predicted molar refractivity (Wildman–Crippen MR) is 86.5 cm³/mol. The molecule has 7 nitrogen and oxygen atoms in total. The summed E-state index contributed by atoms with van der Waals surface area (Å²) in [5.41, 5.74) is -0.0874. The molecule has 2 rings (SSSR count). The molecule has 0 fully saturated rings. The summed E-state index contributed by atoms with van der Waals surface area (Å²) < 4.78 is 8.70. The van der Waals surface area contributed by atoms with Crippen LogP contribution in [0.15, 0.2) is 15.9 Å². The third-order valence-corrected chi connectivity index (χ3v) is 4.53. The van der Waals surface area contributed by atoms with Gasteiger partial charge in [0.25, 0.3) is 5.56 Å². The zero-order valence-corrected chi connectivity index (χ0v) is 13.7. The molecule has 0 saturated heterocycles. The van der Waals surface area contributed by atoms with Crippen molar-refractivity contribution in [1.29, 1.82) is 0 Å². The average molecular weight is 314 g/mol. The van der Waals surface area contributed by atoms with Gasteiger partial charge in [0.15, 0.2) is 11.2 Å². The number of aromatic nitrogens is 4. The minimum absolute atomic E-state index is 0.261. The van der Waals surface area contributed by atoms with Crippen molar-refractivity contribution in [2.75, 3.05) is 31.1 Å². The van der Waals surface area contributed by atoms with Crippen molar-refractivity contribution >= 4 is 21.2 Å². The van der Waals surface area contributed by atoms with E-state index < -0.39 is 21.3 Å². The van der Waals surface area contributed by atoms with Gasteiger partial charge >= 0.3 is 5.69 Å². The second-order valence-corrected chi connectivity index (χ2v) is 10.3. The van der Waals surface area contributed by atoms with E-state index in [2.05, 4.69) is 28.7 Å². The van der Waals surface area contributed by atoms with E-state index in [1.807, 2.05) is 6.92 Å². The van der Waals surface area contributed by atoms with Crippen LogP contribution >= 0.6 is 10.0 Å². The Hall–Kier alpha value is -1.54. The molecular weight excluding hydrogens is 292 g/mol. The van der Waals surface area contributed by atoms with Crippen LogP contribution in [0.1, 0.15) is 6.92 Å². The van der Waals surface area contributed by atoms with Gasteiger partial charge in [-0.05, 0) is 25.7 Å². The number of nitrogens with zero attached hydrogens (tertiary/aromatic N) is 3. The van der Waals surface area contributed by atoms with Crippen LogP contribution in [0, 0.1) is 0 Å². The number of aryl methyl sites for hydroxylation is 1. The number of hydrogen-bond acceptors (Lipinski definition) is 4. The smallest absolute Gasteiger partial charge is 0.330 e. The number of rotatable bonds is 6. The molecule has 0 saturated carbocycles. The maximum Gasteiger partial charge on any atom is 0.330 e. The van der Waals surface area contributed by atoms with E-state index in [1.165, 1.54) is 10.9 Å². The Morgan fingerprint density at radius 3 is 2.67 bits per heavy atom. The molecule has 1 N–H and O–H groups in total. The van der Waals surface area contributed by atoms with E-state index in [-0.39, 0.29) is 6.73 Å². The molecule has 0 aliphatic heterocycles. The molecule has 8 heteroatoms. The van der Waals surface area contributed by atoms with E-state index in [1.54, 1.807) is 4.57 Å². The van der Waals surface area contributed by atoms with Crippen LogP contribution in [-0.4, -0.2) is 50.2 Å². The Labute approximate surface area is 124 Å². The first-order chi connectivity index (χ1) is 9.83. The fourth-order valence-electron chi connectivity index (χ4n) is 1.98. The minimum atomic E-state index is -0.595. The third kappa shape index (κ3) is 3.56. The summed E-state index contributed by atoms with van der Waals surface area (Å²) in [6, 6.07) is 0. The summed E-state index contributed by atoms with van der Waals surface area (Å²) in [4.78, 5) is 30.1. The van der Waals surface area contributed by atoms with Gasteiger partial charge in [-0.1, -0.05) is 0 Å². The second-order valence-electron chi connectivity index (χ2n) is 5.72. The summed E-state index contributed by atoms with van der Waals surface area (Å²) >= 11 is 0. The number of nitrogens with one attached hydrogen (secondary N) is 1. The first-order valence-electron chi connectivity index (χ1n) is 6.75. The highest BCUT2D eigenvalue weighted by molar-refractivity contribution is 8.32. The van der Waals surface area contributed by atoms with Crippen molar-refractivity contribution in [3.8, 4) is 0 Å². The number of fused-ring (bicyclic) bond motifs is 1. The van der Waals surface area contributed by atoms with Crippen LogP contribution in [0.25, 0.3) is 11.2 Å². The average Bonchev–Trinajstić information content (AvgIpc) is 2.78. The van der Waals surface area contributed by atoms with Crippen LogP contribution < -0.4 is 11.2 Å². The van der Waals surface area contributed by atoms with Gasteiger partial charge in [0.2, 0.25) is 0 Å². The molecule has 0 amide bonds. The highest BCUT2D eigenvalue weighted by Gasteiger charge is 2.12. The van der Waals surface area contributed by atoms with Crippen LogP contribution in [-0.2, 0) is 18.0 Å². The third-order valence-electron chi connectivity index (χ3n) is 3.14. The van der Waals surface area contributed by atoms with Crippen molar-refractivity contribution in [1.82, 2.24) is 19.1 Å². The maximum absolute atomic E-state index is 12.0. The summed E-state index contributed by atoms with van der Waals surface area (Å²) in [6.07, 6.45) is 8.23. The van der Waals surface area contributed by atoms with Crippen molar-refractivity contribution < 1.29 is 4.74 Å². The zero-order valence-electron chi connectivity index (χ0n) is 12.9. The van der Waals surface area contributed by atoms with Gasteiger partial charge < -0.3 is 9.30 Å². The molecule has 2 heterocycles. The summed E-state index contributed by atoms with van der Waals surface area (Å²) in [7, 11) is -0.595. The molecule has 118 valence electrons. The number of hydrogen-bond donors (Lipinski definition) is 1. The Bertz CT molecular complexity index is 738. The normalized spacial score (nSPS) is 13.0. The van der Waals surface area contributed by atoms with Crippen molar-refractivity contribution in [2.24, 2.45) is 0 Å². The largest absolute Gasteiger partial charge is 0.360 e. The van der Waals surface area contributed by atoms with E-state index >= 15 is 0 Å². The lowest BCUT2D eigenvalue weighted by Gasteiger charge is -2.24. The van der Waals surface area contributed by atoms with Gasteiger partial charge in [0.05, 0.1) is 12.9 Å². The number of H-pyrrole nitrogens is 1. The highest BCUT2D eigenvalue weighted by atomic mass is 32.3. The van der Waals surface area contributed by atoms with Crippen LogP contribution in [0.4, 0.5) is 0 Å². The zero-order chi connectivity index (χ0) is 15.6. The van der Waals surface area contributed by atoms with Crippen LogP contribution in [0.3, 0.4) is 0 Å². The molecule has 0 spiro atoms. The lowest BCUT2D eigenvalue weighted by Crippen LogP contribution is -2.30. The van der Waals surface area contributed by atoms with Gasteiger partial charge in [0.1, 0.15) is 6.73 Å². The van der Waals surface area contributed by atoms with E-state index in [0.717, 1.165) is 5.75 Å². The van der Waals surface area contributed by atoms with E-state index in [4.69, 9.17) is 4.74 Å². The summed E-state index contributed by atoms with van der Waals surface area (Å²) in [5.74, 6) is 1.01. The SMILES string of the molecule is CCn1c(=O)[nH]c(=O)c2c1ncn2COCCS(C)(C)C. The molecule has 2 aromatic heterocycles. The quantitative estimate of drug-likeness (QED) is 0.791. The van der Waals surface area contributed by atoms with Crippen molar-refractivity contribution in [3.05, 3.63) is 27.2 Å². The fraction of sp³-hybridized carbons (Fsp3) is 0.615. The second kappa shape index (κ2) is 6.07. The fourth-order valence-corrected chi connectivity index (χ4v) is 2.60. The highest BCUT2D eigenvalue weighted by Crippen LogP contribution is 2.33. The Balaban J connectivity index is 2.23. The molecule has 0 radical (unpaired) electrons. The van der Waals surface area contributed by atoms with Gasteiger partial charge in [-0.15, -0.1) is 0 Å². The number of imidazole rings is 1. The lowest BCUT2D eigenvalue weighted by molar-refractivity contribution is 0.0922. The Morgan fingerprint density at radius 2 is 2.05 bits per heavy atom. The number of ether oxygens (including phenoxy) is 1. The monoisotopic (exact) mass is 314 g/mol. The molecule has 0 unspecified atom stereocenters. The Morgan fingerprint density at radius 1 is 1.33 bits per heavy atom. The van der Waals surface area contributed by atoms with Crippen LogP contribution in [0.5, 0.6) is 0 Å². The van der Waals surface area contributed by atoms with E-state index in [0.29, 0.717) is 24.3 Å². The molecule has 0 bridgehead atoms. The molecule has 2 aromatic rings. The van der Waals surface area contributed by atoms with Gasteiger partial charge in [0, 0.05) is 12.3 Å². The van der Waals surface area contributed by atoms with Crippen LogP contribution in [0.2, 0.25) is 0 Å². The molecule has 0 aliphatic carbocycles. The van der Waals surface area contributed by atoms with Crippen molar-refractivity contribution in [2.45, 2.75) is 20.2 Å². The number of aromatic amines is 1. The van der Waals surface area contributed by atoms with Gasteiger partial charge in [-0.2, -0.15) is 0 Å². The standard InChI is InChI=1S/C13H22N4O3S/c1-5-17-11-10(12(18)15-13(17)19)16(8-14-11)9-20-6-7-21(2,3)4/h8H,5-7,9H2,1-4H3,(H,15,18,19). The minimum Gasteiger partial charge on any atom is -0.360 e. The van der Waals surface area contributed by atoms with Gasteiger partial charge in [-0.3, -0.25) is 14.3 Å². The van der Waals surface area contributed by atoms with Gasteiger partial charge in [-0.25, -0.2) is 19.8 Å². The summed E-state index contributed by atoms with van der Waals surface area (Å²) in [5, 5.41) is 0. The Kier molecular flexibility index (Phi) is 4.58. The molecule has 0 aliphatic rings. The molecular formula is C13H22N4O3S. The summed E-state index contributed by atoms with van der Waals surface area (Å²) in [6.45, 7) is 3.19. The molecule has 0 atom stereocenters. The first kappa shape index (κ1) is 15.8. The topological polar surface area (TPSA) is 81.9 Å².